The van der Waals surface area contributed by atoms with Crippen molar-refractivity contribution in [3.63, 3.8) is 0 Å². The van der Waals surface area contributed by atoms with Crippen LogP contribution in [0.3, 0.4) is 0 Å². The van der Waals surface area contributed by atoms with E-state index in [4.69, 9.17) is 16.3 Å². The summed E-state index contributed by atoms with van der Waals surface area (Å²) in [6.07, 6.45) is -4.37. The van der Waals surface area contributed by atoms with Crippen LogP contribution in [0, 0.1) is 46.8 Å². The fourth-order valence-electron chi connectivity index (χ4n) is 17.9. The van der Waals surface area contributed by atoms with Crippen molar-refractivity contribution in [1.29, 1.82) is 0 Å². The zero-order valence-electron chi connectivity index (χ0n) is 67.2. The SMILES string of the molecule is CCO[C@@H]1C[C@H]2C(=O)NC3(CC(C)(C)C3)C(=O)N(C)[C@@H](C(CC)CC)C(=O)N(C)[C@H](C(=O)N(C)C)CC(=O)N(C)[C@@H](CC3CCC3)C(=O)N[C@@H]([C@@H](C)CC)C(=O)N(C)CC(=O)N(C)[C@H]3C/C=C\CCN(C3=O)[C@@H](CC3CCC(C(F)(F)F)CC3)C(=O)N(C)CC(=O)N[C@@H](CCC3CCC(C(F)(F)F)C(Cl)C3)C(=O)N2C1. The van der Waals surface area contributed by atoms with Gasteiger partial charge in [0.1, 0.15) is 53.9 Å². The molecule has 110 heavy (non-hydrogen) atoms. The minimum atomic E-state index is -4.58. The molecule has 13 atom stereocenters. The van der Waals surface area contributed by atoms with Gasteiger partial charge in [-0.1, -0.05) is 92.2 Å². The van der Waals surface area contributed by atoms with Gasteiger partial charge in [-0.05, 0) is 138 Å². The van der Waals surface area contributed by atoms with E-state index in [-0.39, 0.29) is 128 Å². The number of hydrogen-bond donors (Lipinski definition) is 3. The summed E-state index contributed by atoms with van der Waals surface area (Å²) in [6, 6.07) is -10.9. The van der Waals surface area contributed by atoms with Crippen LogP contribution in [0.1, 0.15) is 196 Å². The second-order valence-electron chi connectivity index (χ2n) is 33.7. The van der Waals surface area contributed by atoms with Gasteiger partial charge < -0.3 is 64.8 Å². The molecule has 3 heterocycles. The number of nitrogens with zero attached hydrogens (tertiary/aromatic N) is 9. The number of alkyl halides is 7. The standard InChI is InChI=1S/C78H123ClF6N12O13/c1-16-46(5)64-72(107)91(11)43-63(100)92(12)56-26-21-20-22-35-96(71(56)106)60(38-49-27-31-51(32-28-49)77(80,81)82)70(105)90(10)42-61(98)86-55(34-30-48-29-33-53(54(79)36-48)78(83,84)85)68(103)97-41-52(110-19-4)39-58(97)67(102)88-76(44-75(6,7)45-76)74(109)95(15)65(50(17-2)18-3)73(108)94(14)59(69(104)89(8)9)40-62(99)93(13)57(66(101)87-64)37-47-24-23-25-47/h20-21,46-60,64-65H,16-19,22-45H2,1-15H3,(H,86,98)(H,87,101)(H,88,102)/b21-20-/t46-,48?,49?,51?,52+,53?,54?,55-,56-,57-,58-,59-,60-,64-,65-/m0/s1. The quantitative estimate of drug-likeness (QED) is 0.0806. The summed E-state index contributed by atoms with van der Waals surface area (Å²) in [5, 5.41) is 7.43. The number of likely N-dealkylation sites (N-methyl/N-ethyl adjacent to an activating group) is 7. The van der Waals surface area contributed by atoms with Gasteiger partial charge in [0.15, 0.2) is 0 Å². The second-order valence-corrected chi connectivity index (χ2v) is 34.2. The van der Waals surface area contributed by atoms with Crippen LogP contribution < -0.4 is 16.0 Å². The molecule has 7 rings (SSSR count). The van der Waals surface area contributed by atoms with E-state index in [1.165, 1.54) is 80.9 Å². The van der Waals surface area contributed by atoms with Gasteiger partial charge >= 0.3 is 12.4 Å². The summed E-state index contributed by atoms with van der Waals surface area (Å²) in [7, 11) is 11.1. The van der Waals surface area contributed by atoms with E-state index in [9.17, 15) is 45.5 Å². The average molecular weight is 1590 g/mol. The van der Waals surface area contributed by atoms with Crippen LogP contribution in [0.4, 0.5) is 26.3 Å². The average Bonchev–Trinajstić information content (AvgIpc) is 0.795. The maximum atomic E-state index is 15.8. The summed E-state index contributed by atoms with van der Waals surface area (Å²) < 4.78 is 91.1. The highest BCUT2D eigenvalue weighted by Gasteiger charge is 2.59. The Morgan fingerprint density at radius 2 is 1.25 bits per heavy atom. The number of nitrogens with one attached hydrogen (secondary N) is 3. The lowest BCUT2D eigenvalue weighted by atomic mass is 9.58. The maximum absolute atomic E-state index is 15.8. The van der Waals surface area contributed by atoms with E-state index >= 15 is 38.4 Å². The number of carbonyl (C=O) groups is 12. The Bertz CT molecular complexity index is 3300. The van der Waals surface area contributed by atoms with Gasteiger partial charge in [-0.25, -0.2) is 0 Å². The Morgan fingerprint density at radius 3 is 1.80 bits per heavy atom. The predicted molar refractivity (Wildman–Crippen MR) is 399 cm³/mol. The minimum Gasteiger partial charge on any atom is -0.377 e. The first-order chi connectivity index (χ1) is 51.4. The van der Waals surface area contributed by atoms with Crippen LogP contribution in [0.2, 0.25) is 0 Å². The molecule has 0 aromatic heterocycles. The highest BCUT2D eigenvalue weighted by molar-refractivity contribution is 6.21. The normalized spacial score (nSPS) is 31.3. The van der Waals surface area contributed by atoms with E-state index in [1.54, 1.807) is 32.9 Å². The van der Waals surface area contributed by atoms with Gasteiger partial charge in [-0.15, -0.1) is 11.6 Å². The molecule has 12 amide bonds. The van der Waals surface area contributed by atoms with Gasteiger partial charge in [-0.2, -0.15) is 26.3 Å². The monoisotopic (exact) mass is 1580 g/mol. The summed E-state index contributed by atoms with van der Waals surface area (Å²) in [5.74, 6) is -14.4. The van der Waals surface area contributed by atoms with Gasteiger partial charge in [0.2, 0.25) is 70.9 Å². The maximum Gasteiger partial charge on any atom is 0.393 e. The molecule has 3 N–H and O–H groups in total. The number of carbonyl (C=O) groups excluding carboxylic acids is 12. The zero-order chi connectivity index (χ0) is 82.0. The van der Waals surface area contributed by atoms with Crippen LogP contribution in [-0.2, 0) is 62.3 Å². The zero-order valence-corrected chi connectivity index (χ0v) is 68.0. The number of rotatable bonds is 15. The Balaban J connectivity index is 1.34. The van der Waals surface area contributed by atoms with Crippen molar-refractivity contribution in [2.45, 2.75) is 274 Å². The summed E-state index contributed by atoms with van der Waals surface area (Å²) >= 11 is 6.44. The molecule has 4 saturated carbocycles. The Labute approximate surface area is 650 Å². The van der Waals surface area contributed by atoms with Crippen molar-refractivity contribution in [3.8, 4) is 0 Å². The topological polar surface area (TPSA) is 279 Å². The minimum absolute atomic E-state index is 0.00571. The van der Waals surface area contributed by atoms with Gasteiger partial charge in [-0.3, -0.25) is 57.5 Å². The van der Waals surface area contributed by atoms with Crippen LogP contribution in [0.15, 0.2) is 12.2 Å². The highest BCUT2D eigenvalue weighted by atomic mass is 35.5. The summed E-state index contributed by atoms with van der Waals surface area (Å²) in [4.78, 5) is 194. The number of fused-ring (bicyclic) bond motifs is 3. The molecule has 0 aromatic rings. The molecule has 1 spiro atoms. The molecule has 4 aliphatic carbocycles. The van der Waals surface area contributed by atoms with Crippen molar-refractivity contribution < 1.29 is 88.6 Å². The molecule has 2 saturated heterocycles. The Morgan fingerprint density at radius 1 is 0.636 bits per heavy atom. The number of ether oxygens (including phenoxy) is 1. The molecule has 0 radical (unpaired) electrons. The Hall–Kier alpha value is -6.79. The number of amides is 12. The van der Waals surface area contributed by atoms with E-state index in [0.29, 0.717) is 19.3 Å². The molecule has 32 heteroatoms. The number of hydrogen-bond acceptors (Lipinski definition) is 13. The smallest absolute Gasteiger partial charge is 0.377 e. The van der Waals surface area contributed by atoms with Crippen LogP contribution in [0.25, 0.3) is 0 Å². The lowest BCUT2D eigenvalue weighted by molar-refractivity contribution is -0.184. The fraction of sp³-hybridized carbons (Fsp3) is 0.821. The van der Waals surface area contributed by atoms with Gasteiger partial charge in [0.25, 0.3) is 0 Å². The molecule has 6 fully saturated rings. The molecule has 7 aliphatic rings. The molecule has 25 nitrogen and oxygen atoms in total. The third-order valence-corrected chi connectivity index (χ3v) is 25.5. The molecule has 0 aromatic carbocycles. The molecular weight excluding hydrogens is 1460 g/mol. The van der Waals surface area contributed by atoms with Gasteiger partial charge in [0, 0.05) is 87.9 Å². The Kier molecular flexibility index (Phi) is 31.5. The van der Waals surface area contributed by atoms with E-state index in [0.717, 1.165) is 38.9 Å². The molecule has 2 bridgehead atoms. The molecular formula is C78H123ClF6N12O13. The third-order valence-electron chi connectivity index (χ3n) is 25.0. The number of halogens is 7. The van der Waals surface area contributed by atoms with E-state index in [1.807, 2.05) is 27.7 Å². The van der Waals surface area contributed by atoms with Crippen molar-refractivity contribution in [3.05, 3.63) is 12.2 Å². The molecule has 3 unspecified atom stereocenters. The second kappa shape index (κ2) is 38.4. The van der Waals surface area contributed by atoms with Crippen LogP contribution >= 0.6 is 11.6 Å². The predicted octanol–water partition coefficient (Wildman–Crippen LogP) is 7.70. The van der Waals surface area contributed by atoms with Crippen LogP contribution in [0.5, 0.6) is 0 Å². The van der Waals surface area contributed by atoms with Crippen LogP contribution in [-0.4, -0.2) is 282 Å². The van der Waals surface area contributed by atoms with Gasteiger partial charge in [0.05, 0.1) is 37.5 Å². The first-order valence-corrected chi connectivity index (χ1v) is 40.2. The first-order valence-electron chi connectivity index (χ1n) is 39.8. The lowest BCUT2D eigenvalue weighted by Gasteiger charge is -2.54. The third kappa shape index (κ3) is 21.9. The van der Waals surface area contributed by atoms with E-state index < -0.39 is 209 Å². The first kappa shape index (κ1) is 90.4. The molecule has 622 valence electrons. The largest absolute Gasteiger partial charge is 0.393 e. The van der Waals surface area contributed by atoms with Crippen molar-refractivity contribution >= 4 is 82.5 Å². The fourth-order valence-corrected chi connectivity index (χ4v) is 18.5. The van der Waals surface area contributed by atoms with Crippen molar-refractivity contribution in [2.24, 2.45) is 46.8 Å². The van der Waals surface area contributed by atoms with Crippen molar-refractivity contribution in [2.75, 3.05) is 89.2 Å². The van der Waals surface area contributed by atoms with E-state index in [2.05, 4.69) is 16.0 Å². The summed E-state index contributed by atoms with van der Waals surface area (Å²) in [5.41, 5.74) is -2.29. The van der Waals surface area contributed by atoms with Crippen molar-refractivity contribution in [1.82, 2.24) is 60.0 Å². The summed E-state index contributed by atoms with van der Waals surface area (Å²) in [6.45, 7) is 11.1. The lowest BCUT2D eigenvalue weighted by Crippen LogP contribution is -2.71. The highest BCUT2D eigenvalue weighted by Crippen LogP contribution is 2.50. The molecule has 3 aliphatic heterocycles.